The highest BCUT2D eigenvalue weighted by Gasteiger charge is 2.63. The predicted octanol–water partition coefficient (Wildman–Crippen LogP) is 2.50. The second-order valence-corrected chi connectivity index (χ2v) is 7.61. The topological polar surface area (TPSA) is 36.8 Å². The van der Waals surface area contributed by atoms with E-state index in [0.717, 1.165) is 18.0 Å². The number of benzene rings is 1. The minimum Gasteiger partial charge on any atom is -0.382 e. The van der Waals surface area contributed by atoms with Gasteiger partial charge < -0.3 is 10.4 Å². The molecule has 20 heavy (non-hydrogen) atoms. The summed E-state index contributed by atoms with van der Waals surface area (Å²) >= 11 is 0. The highest BCUT2D eigenvalue weighted by Crippen LogP contribution is 2.64. The third kappa shape index (κ3) is 2.01. The predicted molar refractivity (Wildman–Crippen MR) is 81.2 cm³/mol. The molecule has 2 bridgehead atoms. The first-order chi connectivity index (χ1) is 9.45. The average molecular weight is 274 g/mol. The van der Waals surface area contributed by atoms with E-state index in [0.29, 0.717) is 16.9 Å². The van der Waals surface area contributed by atoms with Gasteiger partial charge in [-0.1, -0.05) is 51.1 Å². The molecule has 0 saturated heterocycles. The molecule has 0 heterocycles. The van der Waals surface area contributed by atoms with E-state index in [1.807, 2.05) is 30.3 Å². The van der Waals surface area contributed by atoms with Crippen LogP contribution in [-0.2, 0) is 0 Å². The maximum Gasteiger partial charge on any atom is 0.128 e. The molecule has 2 nitrogen and oxygen atoms in total. The van der Waals surface area contributed by atoms with Crippen LogP contribution in [0.3, 0.4) is 0 Å². The summed E-state index contributed by atoms with van der Waals surface area (Å²) < 4.78 is 0. The number of hydrogen-bond acceptors (Lipinski definition) is 1. The lowest BCUT2D eigenvalue weighted by molar-refractivity contribution is -0.708. The Morgan fingerprint density at radius 2 is 1.95 bits per heavy atom. The van der Waals surface area contributed by atoms with Crippen molar-refractivity contribution in [3.05, 3.63) is 35.9 Å². The fourth-order valence-electron chi connectivity index (χ4n) is 4.73. The Hall–Kier alpha value is -0.860. The molecular weight excluding hydrogens is 246 g/mol. The van der Waals surface area contributed by atoms with Crippen molar-refractivity contribution >= 4 is 0 Å². The zero-order valence-electron chi connectivity index (χ0n) is 13.0. The maximum absolute atomic E-state index is 10.3. The lowest BCUT2D eigenvalue weighted by atomic mass is 9.69. The summed E-state index contributed by atoms with van der Waals surface area (Å²) in [5, 5.41) is 12.7. The number of aliphatic hydroxyl groups is 1. The fraction of sp³-hybridized carbons (Fsp3) is 0.667. The van der Waals surface area contributed by atoms with E-state index in [-0.39, 0.29) is 6.10 Å². The molecule has 0 aromatic heterocycles. The molecular formula is C18H28NO+. The summed E-state index contributed by atoms with van der Waals surface area (Å²) in [6.07, 6.45) is 3.73. The van der Waals surface area contributed by atoms with Crippen LogP contribution in [0, 0.1) is 16.7 Å². The highest BCUT2D eigenvalue weighted by atomic mass is 16.3. The van der Waals surface area contributed by atoms with Crippen LogP contribution in [0.4, 0.5) is 0 Å². The number of aliphatic hydroxyl groups excluding tert-OH is 1. The standard InChI is InChI=1S/C18H27NO/c1-17(2)14-9-10-18(17,3)16(11-14)19-12-15(20)13-7-5-4-6-8-13/h4-8,14-16,19-20H,9-12H2,1-3H3/p+1/t14-,15+,16-,18-/m1/s1. The third-order valence-corrected chi connectivity index (χ3v) is 6.69. The molecule has 2 heteroatoms. The summed E-state index contributed by atoms with van der Waals surface area (Å²) in [6, 6.07) is 10.7. The van der Waals surface area contributed by atoms with Crippen LogP contribution in [0.15, 0.2) is 30.3 Å². The van der Waals surface area contributed by atoms with E-state index < -0.39 is 0 Å². The van der Waals surface area contributed by atoms with Gasteiger partial charge in [-0.25, -0.2) is 0 Å². The minimum atomic E-state index is -0.345. The molecule has 110 valence electrons. The zero-order valence-corrected chi connectivity index (χ0v) is 13.0. The summed E-state index contributed by atoms with van der Waals surface area (Å²) in [7, 11) is 0. The third-order valence-electron chi connectivity index (χ3n) is 6.69. The molecule has 2 saturated carbocycles. The Balaban J connectivity index is 1.63. The van der Waals surface area contributed by atoms with Crippen LogP contribution in [0.5, 0.6) is 0 Å². The van der Waals surface area contributed by atoms with Gasteiger partial charge in [-0.05, 0) is 29.7 Å². The van der Waals surface area contributed by atoms with Gasteiger partial charge in [0.1, 0.15) is 12.6 Å². The van der Waals surface area contributed by atoms with Gasteiger partial charge in [-0.15, -0.1) is 0 Å². The quantitative estimate of drug-likeness (QED) is 0.869. The van der Waals surface area contributed by atoms with Gasteiger partial charge >= 0.3 is 0 Å². The molecule has 3 rings (SSSR count). The van der Waals surface area contributed by atoms with Gasteiger partial charge in [-0.3, -0.25) is 0 Å². The SMILES string of the molecule is CC1(C)[C@@H]2CC[C@]1(C)[C@H]([NH2+]C[C@H](O)c1ccccc1)C2. The number of quaternary nitrogens is 1. The molecule has 0 amide bonds. The van der Waals surface area contributed by atoms with Gasteiger partial charge in [0, 0.05) is 11.8 Å². The Morgan fingerprint density at radius 1 is 1.25 bits per heavy atom. The number of hydrogen-bond donors (Lipinski definition) is 2. The molecule has 4 atom stereocenters. The number of fused-ring (bicyclic) bond motifs is 2. The second-order valence-electron chi connectivity index (χ2n) is 7.61. The van der Waals surface area contributed by atoms with Crippen molar-refractivity contribution in [2.45, 2.75) is 52.2 Å². The highest BCUT2D eigenvalue weighted by molar-refractivity contribution is 5.17. The Kier molecular flexibility index (Phi) is 3.42. The van der Waals surface area contributed by atoms with E-state index in [9.17, 15) is 5.11 Å². The van der Waals surface area contributed by atoms with Gasteiger partial charge in [-0.2, -0.15) is 0 Å². The first-order valence-electron chi connectivity index (χ1n) is 8.01. The van der Waals surface area contributed by atoms with Crippen LogP contribution in [0.1, 0.15) is 51.7 Å². The Morgan fingerprint density at radius 3 is 2.50 bits per heavy atom. The van der Waals surface area contributed by atoms with Crippen molar-refractivity contribution in [3.63, 3.8) is 0 Å². The van der Waals surface area contributed by atoms with Gasteiger partial charge in [0.2, 0.25) is 0 Å². The molecule has 0 aliphatic heterocycles. The van der Waals surface area contributed by atoms with E-state index >= 15 is 0 Å². The molecule has 1 aromatic rings. The second kappa shape index (κ2) is 4.85. The fourth-order valence-corrected chi connectivity index (χ4v) is 4.73. The Bertz CT molecular complexity index is 470. The van der Waals surface area contributed by atoms with Gasteiger partial charge in [0.25, 0.3) is 0 Å². The molecule has 2 aliphatic carbocycles. The zero-order chi connectivity index (χ0) is 14.4. The first kappa shape index (κ1) is 14.1. The molecule has 2 aliphatic rings. The molecule has 1 aromatic carbocycles. The molecule has 0 radical (unpaired) electrons. The van der Waals surface area contributed by atoms with Crippen molar-refractivity contribution in [2.75, 3.05) is 6.54 Å². The molecule has 2 fully saturated rings. The smallest absolute Gasteiger partial charge is 0.128 e. The summed E-state index contributed by atoms with van der Waals surface area (Å²) in [4.78, 5) is 0. The first-order valence-corrected chi connectivity index (χ1v) is 8.01. The number of rotatable bonds is 4. The molecule has 3 N–H and O–H groups in total. The molecule has 0 unspecified atom stereocenters. The van der Waals surface area contributed by atoms with E-state index in [4.69, 9.17) is 0 Å². The van der Waals surface area contributed by atoms with E-state index in [1.165, 1.54) is 19.3 Å². The minimum absolute atomic E-state index is 0.345. The lowest BCUT2D eigenvalue weighted by Crippen LogP contribution is -2.93. The lowest BCUT2D eigenvalue weighted by Gasteiger charge is -2.37. The van der Waals surface area contributed by atoms with Gasteiger partial charge in [0.05, 0.1) is 6.04 Å². The van der Waals surface area contributed by atoms with Crippen LogP contribution in [0.2, 0.25) is 0 Å². The normalized spacial score (nSPS) is 36.2. The monoisotopic (exact) mass is 274 g/mol. The summed E-state index contributed by atoms with van der Waals surface area (Å²) in [5.74, 6) is 0.877. The largest absolute Gasteiger partial charge is 0.382 e. The van der Waals surface area contributed by atoms with Crippen molar-refractivity contribution in [2.24, 2.45) is 16.7 Å². The Labute approximate surface area is 122 Å². The van der Waals surface area contributed by atoms with Crippen molar-refractivity contribution in [3.8, 4) is 0 Å². The van der Waals surface area contributed by atoms with Crippen LogP contribution in [-0.4, -0.2) is 17.7 Å². The average Bonchev–Trinajstić information content (AvgIpc) is 2.78. The van der Waals surface area contributed by atoms with Crippen LogP contribution < -0.4 is 5.32 Å². The summed E-state index contributed by atoms with van der Waals surface area (Å²) in [6.45, 7) is 8.15. The van der Waals surface area contributed by atoms with Crippen molar-refractivity contribution < 1.29 is 10.4 Å². The summed E-state index contributed by atoms with van der Waals surface area (Å²) in [5.41, 5.74) is 1.94. The van der Waals surface area contributed by atoms with Gasteiger partial charge in [0.15, 0.2) is 0 Å². The van der Waals surface area contributed by atoms with Crippen LogP contribution >= 0.6 is 0 Å². The van der Waals surface area contributed by atoms with Crippen LogP contribution in [0.25, 0.3) is 0 Å². The van der Waals surface area contributed by atoms with E-state index in [1.54, 1.807) is 0 Å². The maximum atomic E-state index is 10.3. The van der Waals surface area contributed by atoms with Crippen molar-refractivity contribution in [1.82, 2.24) is 0 Å². The van der Waals surface area contributed by atoms with E-state index in [2.05, 4.69) is 26.1 Å². The number of nitrogens with two attached hydrogens (primary N) is 1. The van der Waals surface area contributed by atoms with Crippen molar-refractivity contribution in [1.29, 1.82) is 0 Å². The molecule has 0 spiro atoms.